The van der Waals surface area contributed by atoms with Crippen molar-refractivity contribution in [1.82, 2.24) is 4.90 Å². The molecule has 23 heavy (non-hydrogen) atoms. The molecule has 0 N–H and O–H groups in total. The van der Waals surface area contributed by atoms with Gasteiger partial charge < -0.3 is 4.74 Å². The molecule has 0 saturated carbocycles. The molecular formula is C20H31NO2. The first-order valence-electron chi connectivity index (χ1n) is 8.84. The first-order valence-corrected chi connectivity index (χ1v) is 8.84. The SMILES string of the molecule is CCOc1ccc(C(C)(C)C)cc1C(=O)CN1CCCC(C)C1. The maximum Gasteiger partial charge on any atom is 0.180 e. The van der Waals surface area contributed by atoms with Crippen molar-refractivity contribution in [2.45, 2.75) is 52.9 Å². The lowest BCUT2D eigenvalue weighted by Gasteiger charge is -2.30. The predicted molar refractivity (Wildman–Crippen MR) is 95.5 cm³/mol. The molecule has 1 fully saturated rings. The van der Waals surface area contributed by atoms with E-state index in [0.29, 0.717) is 19.1 Å². The molecule has 0 bridgehead atoms. The molecule has 1 saturated heterocycles. The number of carbonyl (C=O) groups is 1. The van der Waals surface area contributed by atoms with Crippen molar-refractivity contribution in [1.29, 1.82) is 0 Å². The van der Waals surface area contributed by atoms with Crippen molar-refractivity contribution in [2.75, 3.05) is 26.2 Å². The van der Waals surface area contributed by atoms with Gasteiger partial charge in [-0.2, -0.15) is 0 Å². The van der Waals surface area contributed by atoms with Gasteiger partial charge in [0.25, 0.3) is 0 Å². The van der Waals surface area contributed by atoms with E-state index in [4.69, 9.17) is 4.74 Å². The zero-order chi connectivity index (χ0) is 17.0. The zero-order valence-corrected chi connectivity index (χ0v) is 15.3. The Hall–Kier alpha value is -1.35. The van der Waals surface area contributed by atoms with E-state index in [1.165, 1.54) is 18.4 Å². The lowest BCUT2D eigenvalue weighted by atomic mass is 9.85. The second kappa shape index (κ2) is 7.48. The molecule has 128 valence electrons. The molecule has 1 heterocycles. The summed E-state index contributed by atoms with van der Waals surface area (Å²) in [5.41, 5.74) is 1.94. The van der Waals surface area contributed by atoms with Crippen LogP contribution in [0.15, 0.2) is 18.2 Å². The van der Waals surface area contributed by atoms with E-state index < -0.39 is 0 Å². The summed E-state index contributed by atoms with van der Waals surface area (Å²) in [4.78, 5) is 15.2. The molecule has 0 aromatic heterocycles. The third-order valence-electron chi connectivity index (χ3n) is 4.55. The number of Topliss-reactive ketones (excluding diaryl/α,β-unsaturated/α-hetero) is 1. The molecule has 0 amide bonds. The number of piperidine rings is 1. The van der Waals surface area contributed by atoms with Gasteiger partial charge in [-0.15, -0.1) is 0 Å². The van der Waals surface area contributed by atoms with Gasteiger partial charge in [0.15, 0.2) is 5.78 Å². The Balaban J connectivity index is 2.22. The lowest BCUT2D eigenvalue weighted by molar-refractivity contribution is 0.0889. The minimum absolute atomic E-state index is 0.0272. The van der Waals surface area contributed by atoms with E-state index in [1.54, 1.807) is 0 Å². The fraction of sp³-hybridized carbons (Fsp3) is 0.650. The van der Waals surface area contributed by atoms with Crippen molar-refractivity contribution in [2.24, 2.45) is 5.92 Å². The number of carbonyl (C=O) groups excluding carboxylic acids is 1. The van der Waals surface area contributed by atoms with Gasteiger partial charge in [-0.05, 0) is 55.3 Å². The van der Waals surface area contributed by atoms with Gasteiger partial charge in [0.1, 0.15) is 5.75 Å². The summed E-state index contributed by atoms with van der Waals surface area (Å²) in [6.45, 7) is 13.9. The van der Waals surface area contributed by atoms with Crippen LogP contribution in [0, 0.1) is 5.92 Å². The summed E-state index contributed by atoms with van der Waals surface area (Å²) in [5.74, 6) is 1.58. The minimum atomic E-state index is 0.0272. The van der Waals surface area contributed by atoms with Crippen molar-refractivity contribution in [3.63, 3.8) is 0 Å². The second-order valence-corrected chi connectivity index (χ2v) is 7.80. The number of hydrogen-bond donors (Lipinski definition) is 0. The molecule has 1 atom stereocenters. The highest BCUT2D eigenvalue weighted by Crippen LogP contribution is 2.29. The Morgan fingerprint density at radius 3 is 2.70 bits per heavy atom. The molecule has 1 aliphatic heterocycles. The number of likely N-dealkylation sites (tertiary alicyclic amines) is 1. The van der Waals surface area contributed by atoms with Crippen LogP contribution in [0.2, 0.25) is 0 Å². The first-order chi connectivity index (χ1) is 10.8. The average molecular weight is 317 g/mol. The molecule has 3 nitrogen and oxygen atoms in total. The highest BCUT2D eigenvalue weighted by molar-refractivity contribution is 6.00. The smallest absolute Gasteiger partial charge is 0.180 e. The molecule has 1 unspecified atom stereocenters. The third-order valence-corrected chi connectivity index (χ3v) is 4.55. The van der Waals surface area contributed by atoms with Gasteiger partial charge in [-0.25, -0.2) is 0 Å². The minimum Gasteiger partial charge on any atom is -0.493 e. The largest absolute Gasteiger partial charge is 0.493 e. The monoisotopic (exact) mass is 317 g/mol. The third kappa shape index (κ3) is 4.81. The summed E-state index contributed by atoms with van der Waals surface area (Å²) >= 11 is 0. The highest BCUT2D eigenvalue weighted by atomic mass is 16.5. The average Bonchev–Trinajstić information content (AvgIpc) is 2.46. The van der Waals surface area contributed by atoms with Crippen molar-refractivity contribution in [3.8, 4) is 5.75 Å². The summed E-state index contributed by atoms with van der Waals surface area (Å²) in [6, 6.07) is 6.06. The molecule has 1 aromatic rings. The van der Waals surface area contributed by atoms with Crippen LogP contribution in [-0.4, -0.2) is 36.9 Å². The van der Waals surface area contributed by atoms with Gasteiger partial charge in [0.2, 0.25) is 0 Å². The topological polar surface area (TPSA) is 29.5 Å². The Labute approximate surface area is 141 Å². The van der Waals surface area contributed by atoms with Crippen LogP contribution in [0.25, 0.3) is 0 Å². The van der Waals surface area contributed by atoms with E-state index in [-0.39, 0.29) is 11.2 Å². The van der Waals surface area contributed by atoms with Crippen LogP contribution >= 0.6 is 0 Å². The number of rotatable bonds is 5. The Kier molecular flexibility index (Phi) is 5.85. The molecular weight excluding hydrogens is 286 g/mol. The van der Waals surface area contributed by atoms with Crippen LogP contribution in [0.3, 0.4) is 0 Å². The zero-order valence-electron chi connectivity index (χ0n) is 15.3. The number of nitrogens with zero attached hydrogens (tertiary/aromatic N) is 1. The summed E-state index contributed by atoms with van der Waals surface area (Å²) in [5, 5.41) is 0. The summed E-state index contributed by atoms with van der Waals surface area (Å²) in [7, 11) is 0. The predicted octanol–water partition coefficient (Wildman–Crippen LogP) is 4.30. The maximum absolute atomic E-state index is 12.9. The maximum atomic E-state index is 12.9. The molecule has 0 aliphatic carbocycles. The quantitative estimate of drug-likeness (QED) is 0.758. The standard InChI is InChI=1S/C20H31NO2/c1-6-23-19-10-9-16(20(3,4)5)12-17(19)18(22)14-21-11-7-8-15(2)13-21/h9-10,12,15H,6-8,11,13-14H2,1-5H3. The number of ketones is 1. The Morgan fingerprint density at radius 2 is 2.09 bits per heavy atom. The van der Waals surface area contributed by atoms with E-state index in [1.807, 2.05) is 19.1 Å². The number of benzene rings is 1. The van der Waals surface area contributed by atoms with E-state index >= 15 is 0 Å². The van der Waals surface area contributed by atoms with Crippen molar-refractivity contribution >= 4 is 5.78 Å². The fourth-order valence-corrected chi connectivity index (χ4v) is 3.21. The van der Waals surface area contributed by atoms with Crippen LogP contribution < -0.4 is 4.74 Å². The van der Waals surface area contributed by atoms with Crippen LogP contribution in [-0.2, 0) is 5.41 Å². The van der Waals surface area contributed by atoms with Crippen LogP contribution in [0.4, 0.5) is 0 Å². The summed E-state index contributed by atoms with van der Waals surface area (Å²) in [6.07, 6.45) is 2.46. The molecule has 1 aliphatic rings. The number of ether oxygens (including phenoxy) is 1. The molecule has 3 heteroatoms. The van der Waals surface area contributed by atoms with Gasteiger partial charge in [0.05, 0.1) is 18.7 Å². The molecule has 0 radical (unpaired) electrons. The van der Waals surface area contributed by atoms with Gasteiger partial charge >= 0.3 is 0 Å². The van der Waals surface area contributed by atoms with Crippen LogP contribution in [0.1, 0.15) is 63.4 Å². The fourth-order valence-electron chi connectivity index (χ4n) is 3.21. The van der Waals surface area contributed by atoms with Crippen LogP contribution in [0.5, 0.6) is 5.75 Å². The van der Waals surface area contributed by atoms with E-state index in [0.717, 1.165) is 24.4 Å². The molecule has 1 aromatic carbocycles. The normalized spacial score (nSPS) is 19.6. The van der Waals surface area contributed by atoms with E-state index in [2.05, 4.69) is 38.7 Å². The lowest BCUT2D eigenvalue weighted by Crippen LogP contribution is -2.38. The van der Waals surface area contributed by atoms with Crippen molar-refractivity contribution in [3.05, 3.63) is 29.3 Å². The molecule has 0 spiro atoms. The Bertz CT molecular complexity index is 545. The Morgan fingerprint density at radius 1 is 1.35 bits per heavy atom. The van der Waals surface area contributed by atoms with Gasteiger partial charge in [-0.3, -0.25) is 9.69 Å². The van der Waals surface area contributed by atoms with Crippen molar-refractivity contribution < 1.29 is 9.53 Å². The second-order valence-electron chi connectivity index (χ2n) is 7.80. The van der Waals surface area contributed by atoms with E-state index in [9.17, 15) is 4.79 Å². The molecule has 2 rings (SSSR count). The van der Waals surface area contributed by atoms with Gasteiger partial charge in [-0.1, -0.05) is 33.8 Å². The highest BCUT2D eigenvalue weighted by Gasteiger charge is 2.23. The first kappa shape index (κ1) is 18.0. The van der Waals surface area contributed by atoms with Gasteiger partial charge in [0, 0.05) is 6.54 Å². The summed E-state index contributed by atoms with van der Waals surface area (Å²) < 4.78 is 5.70. The number of hydrogen-bond acceptors (Lipinski definition) is 3.